The predicted octanol–water partition coefficient (Wildman–Crippen LogP) is 0.676. The minimum atomic E-state index is -3.11. The van der Waals surface area contributed by atoms with Crippen molar-refractivity contribution in [1.29, 1.82) is 0 Å². The summed E-state index contributed by atoms with van der Waals surface area (Å²) in [7, 11) is -3.11. The van der Waals surface area contributed by atoms with E-state index in [1.165, 1.54) is 6.20 Å². The minimum Gasteiger partial charge on any atom is -0.370 e. The monoisotopic (exact) mass is 285 g/mol. The van der Waals surface area contributed by atoms with E-state index in [1.54, 1.807) is 19.1 Å². The molecule has 1 aromatic rings. The van der Waals surface area contributed by atoms with Crippen LogP contribution in [0.5, 0.6) is 0 Å². The number of hydrogen-bond donors (Lipinski definition) is 2. The Morgan fingerprint density at radius 3 is 2.74 bits per heavy atom. The highest BCUT2D eigenvalue weighted by Gasteiger charge is 2.14. The SMILES string of the molecule is CCNc1cc(C(=O)NC(C)CS(C)(=O)=O)ccn1. The zero-order valence-electron chi connectivity index (χ0n) is 11.3. The highest BCUT2D eigenvalue weighted by atomic mass is 32.2. The van der Waals surface area contributed by atoms with Crippen molar-refractivity contribution in [3.05, 3.63) is 23.9 Å². The number of hydrogen-bond acceptors (Lipinski definition) is 5. The second-order valence-corrected chi connectivity index (χ2v) is 6.61. The van der Waals surface area contributed by atoms with Crippen LogP contribution in [0.3, 0.4) is 0 Å². The number of nitrogens with one attached hydrogen (secondary N) is 2. The number of nitrogens with zero attached hydrogens (tertiary/aromatic N) is 1. The number of carbonyl (C=O) groups is 1. The van der Waals surface area contributed by atoms with Crippen molar-refractivity contribution in [3.8, 4) is 0 Å². The van der Waals surface area contributed by atoms with Crippen LogP contribution in [0, 0.1) is 0 Å². The van der Waals surface area contributed by atoms with Gasteiger partial charge in [-0.15, -0.1) is 0 Å². The molecule has 1 aromatic heterocycles. The van der Waals surface area contributed by atoms with Crippen LogP contribution in [0.15, 0.2) is 18.3 Å². The lowest BCUT2D eigenvalue weighted by molar-refractivity contribution is 0.0943. The van der Waals surface area contributed by atoms with Crippen molar-refractivity contribution in [2.75, 3.05) is 23.9 Å². The van der Waals surface area contributed by atoms with Gasteiger partial charge in [-0.3, -0.25) is 4.79 Å². The summed E-state index contributed by atoms with van der Waals surface area (Å²) in [6, 6.07) is 2.79. The van der Waals surface area contributed by atoms with Crippen molar-refractivity contribution < 1.29 is 13.2 Å². The zero-order valence-corrected chi connectivity index (χ0v) is 12.1. The molecular weight excluding hydrogens is 266 g/mol. The Bertz CT molecular complexity index is 543. The molecule has 19 heavy (non-hydrogen) atoms. The number of aromatic nitrogens is 1. The molecule has 0 bridgehead atoms. The van der Waals surface area contributed by atoms with Crippen LogP contribution in [-0.2, 0) is 9.84 Å². The van der Waals surface area contributed by atoms with E-state index >= 15 is 0 Å². The highest BCUT2D eigenvalue weighted by Crippen LogP contribution is 2.06. The summed E-state index contributed by atoms with van der Waals surface area (Å²) in [5, 5.41) is 5.66. The molecule has 1 amide bonds. The molecule has 0 fully saturated rings. The first-order chi connectivity index (χ1) is 8.81. The van der Waals surface area contributed by atoms with Gasteiger partial charge < -0.3 is 10.6 Å². The lowest BCUT2D eigenvalue weighted by atomic mass is 10.2. The third kappa shape index (κ3) is 5.69. The number of carbonyl (C=O) groups excluding carboxylic acids is 1. The largest absolute Gasteiger partial charge is 0.370 e. The van der Waals surface area contributed by atoms with Crippen LogP contribution >= 0.6 is 0 Å². The summed E-state index contributed by atoms with van der Waals surface area (Å²) in [6.07, 6.45) is 2.68. The van der Waals surface area contributed by atoms with E-state index in [2.05, 4.69) is 15.6 Å². The lowest BCUT2D eigenvalue weighted by Crippen LogP contribution is -2.37. The Labute approximate surface area is 113 Å². The molecule has 0 aromatic carbocycles. The van der Waals surface area contributed by atoms with Gasteiger partial charge in [0.1, 0.15) is 15.7 Å². The Morgan fingerprint density at radius 2 is 2.16 bits per heavy atom. The Hall–Kier alpha value is -1.63. The maximum absolute atomic E-state index is 11.9. The molecule has 106 valence electrons. The van der Waals surface area contributed by atoms with Gasteiger partial charge in [-0.1, -0.05) is 0 Å². The molecule has 6 nitrogen and oxygen atoms in total. The smallest absolute Gasteiger partial charge is 0.251 e. The maximum Gasteiger partial charge on any atom is 0.251 e. The van der Waals surface area contributed by atoms with Gasteiger partial charge in [0.05, 0.1) is 5.75 Å². The van der Waals surface area contributed by atoms with Crippen molar-refractivity contribution in [2.45, 2.75) is 19.9 Å². The Kier molecular flexibility index (Phi) is 5.29. The molecule has 0 aliphatic heterocycles. The molecular formula is C12H19N3O3S. The van der Waals surface area contributed by atoms with Crippen LogP contribution in [0.25, 0.3) is 0 Å². The Balaban J connectivity index is 2.70. The van der Waals surface area contributed by atoms with E-state index in [4.69, 9.17) is 0 Å². The maximum atomic E-state index is 11.9. The molecule has 0 aliphatic rings. The van der Waals surface area contributed by atoms with Gasteiger partial charge in [0.25, 0.3) is 5.91 Å². The van der Waals surface area contributed by atoms with Crippen LogP contribution in [0.2, 0.25) is 0 Å². The molecule has 0 aliphatic carbocycles. The average Bonchev–Trinajstić information content (AvgIpc) is 2.27. The van der Waals surface area contributed by atoms with Crippen LogP contribution < -0.4 is 10.6 Å². The summed E-state index contributed by atoms with van der Waals surface area (Å²) in [5.74, 6) is 0.229. The van der Waals surface area contributed by atoms with Crippen molar-refractivity contribution in [2.24, 2.45) is 0 Å². The predicted molar refractivity (Wildman–Crippen MR) is 75.0 cm³/mol. The van der Waals surface area contributed by atoms with Gasteiger partial charge in [0.2, 0.25) is 0 Å². The van der Waals surface area contributed by atoms with Gasteiger partial charge in [-0.25, -0.2) is 13.4 Å². The first kappa shape index (κ1) is 15.4. The van der Waals surface area contributed by atoms with Gasteiger partial charge in [0.15, 0.2) is 0 Å². The third-order valence-corrected chi connectivity index (χ3v) is 3.42. The molecule has 0 saturated carbocycles. The standard InChI is InChI=1S/C12H19N3O3S/c1-4-13-11-7-10(5-6-14-11)12(16)15-9(2)8-19(3,17)18/h5-7,9H,4,8H2,1-3H3,(H,13,14)(H,15,16). The number of anilines is 1. The normalized spacial score (nSPS) is 12.8. The fourth-order valence-electron chi connectivity index (χ4n) is 1.65. The molecule has 1 unspecified atom stereocenters. The van der Waals surface area contributed by atoms with Gasteiger partial charge >= 0.3 is 0 Å². The summed E-state index contributed by atoms with van der Waals surface area (Å²) in [4.78, 5) is 16.0. The fourth-order valence-corrected chi connectivity index (χ4v) is 2.64. The molecule has 0 saturated heterocycles. The molecule has 1 atom stereocenters. The first-order valence-electron chi connectivity index (χ1n) is 6.00. The molecule has 2 N–H and O–H groups in total. The molecule has 0 spiro atoms. The topological polar surface area (TPSA) is 88.2 Å². The average molecular weight is 285 g/mol. The van der Waals surface area contributed by atoms with Gasteiger partial charge in [-0.2, -0.15) is 0 Å². The third-order valence-electron chi connectivity index (χ3n) is 2.31. The van der Waals surface area contributed by atoms with Gasteiger partial charge in [0, 0.05) is 30.6 Å². The number of sulfone groups is 1. The summed E-state index contributed by atoms with van der Waals surface area (Å²) >= 11 is 0. The summed E-state index contributed by atoms with van der Waals surface area (Å²) in [5.41, 5.74) is 0.450. The van der Waals surface area contributed by atoms with E-state index in [1.807, 2.05) is 6.92 Å². The second kappa shape index (κ2) is 6.51. The quantitative estimate of drug-likeness (QED) is 0.802. The van der Waals surface area contributed by atoms with Crippen molar-refractivity contribution in [3.63, 3.8) is 0 Å². The van der Waals surface area contributed by atoms with Crippen LogP contribution in [0.4, 0.5) is 5.82 Å². The Morgan fingerprint density at radius 1 is 1.47 bits per heavy atom. The summed E-state index contributed by atoms with van der Waals surface area (Å²) < 4.78 is 22.3. The number of amides is 1. The molecule has 7 heteroatoms. The van der Waals surface area contributed by atoms with E-state index in [9.17, 15) is 13.2 Å². The van der Waals surface area contributed by atoms with Crippen molar-refractivity contribution >= 4 is 21.6 Å². The first-order valence-corrected chi connectivity index (χ1v) is 8.06. The van der Waals surface area contributed by atoms with Crippen molar-refractivity contribution in [1.82, 2.24) is 10.3 Å². The van der Waals surface area contributed by atoms with E-state index in [0.717, 1.165) is 6.26 Å². The number of rotatable bonds is 6. The highest BCUT2D eigenvalue weighted by molar-refractivity contribution is 7.90. The number of pyridine rings is 1. The fraction of sp³-hybridized carbons (Fsp3) is 0.500. The lowest BCUT2D eigenvalue weighted by Gasteiger charge is -2.13. The van der Waals surface area contributed by atoms with Crippen LogP contribution in [-0.4, -0.2) is 43.9 Å². The molecule has 1 rings (SSSR count). The zero-order chi connectivity index (χ0) is 14.5. The minimum absolute atomic E-state index is 0.0795. The van der Waals surface area contributed by atoms with Gasteiger partial charge in [-0.05, 0) is 26.0 Å². The molecule has 0 radical (unpaired) electrons. The summed E-state index contributed by atoms with van der Waals surface area (Å²) in [6.45, 7) is 4.30. The van der Waals surface area contributed by atoms with Crippen LogP contribution in [0.1, 0.15) is 24.2 Å². The molecule has 1 heterocycles. The second-order valence-electron chi connectivity index (χ2n) is 4.43. The van der Waals surface area contributed by atoms with E-state index in [-0.39, 0.29) is 11.7 Å². The van der Waals surface area contributed by atoms with E-state index in [0.29, 0.717) is 17.9 Å². The van der Waals surface area contributed by atoms with E-state index < -0.39 is 15.9 Å².